The number of benzene rings is 1. The van der Waals surface area contributed by atoms with Crippen molar-refractivity contribution in [2.75, 3.05) is 34.0 Å². The van der Waals surface area contributed by atoms with Crippen LogP contribution in [0.25, 0.3) is 0 Å². The zero-order chi connectivity index (χ0) is 15.9. The molecule has 1 unspecified atom stereocenters. The molecule has 1 aromatic rings. The first kappa shape index (κ1) is 18.4. The van der Waals surface area contributed by atoms with E-state index in [1.165, 1.54) is 10.8 Å². The molecule has 4 heteroatoms. The van der Waals surface area contributed by atoms with Crippen LogP contribution in [-0.2, 0) is 16.0 Å². The number of hydrogen-bond donors (Lipinski definition) is 0. The van der Waals surface area contributed by atoms with Gasteiger partial charge in [-0.1, -0.05) is 49.1 Å². The van der Waals surface area contributed by atoms with Crippen molar-refractivity contribution in [3.63, 3.8) is 0 Å². The van der Waals surface area contributed by atoms with E-state index in [2.05, 4.69) is 55.7 Å². The third-order valence-corrected chi connectivity index (χ3v) is 5.88. The van der Waals surface area contributed by atoms with E-state index in [9.17, 15) is 0 Å². The molecule has 0 spiro atoms. The topological polar surface area (TPSA) is 21.7 Å². The summed E-state index contributed by atoms with van der Waals surface area (Å²) in [6.45, 7) is 12.7. The summed E-state index contributed by atoms with van der Waals surface area (Å²) in [6.07, 6.45) is 0. The molecule has 0 N–H and O–H groups in total. The van der Waals surface area contributed by atoms with Gasteiger partial charge >= 0.3 is 0 Å². The second kappa shape index (κ2) is 8.69. The summed E-state index contributed by atoms with van der Waals surface area (Å²) >= 11 is 0. The van der Waals surface area contributed by atoms with Gasteiger partial charge in [0.05, 0.1) is 21.3 Å². The quantitative estimate of drug-likeness (QED) is 0.655. The maximum atomic E-state index is 5.29. The average molecular weight is 310 g/mol. The van der Waals surface area contributed by atoms with E-state index in [0.29, 0.717) is 6.04 Å². The van der Waals surface area contributed by atoms with E-state index in [1.54, 1.807) is 14.2 Å². The SMILES string of the molecule is COCCN(Cc1ccc([Si](C)(C)C)cc1)C(C)COC. The van der Waals surface area contributed by atoms with Crippen LogP contribution >= 0.6 is 0 Å². The highest BCUT2D eigenvalue weighted by atomic mass is 28.3. The summed E-state index contributed by atoms with van der Waals surface area (Å²) in [5.74, 6) is 0. The van der Waals surface area contributed by atoms with Crippen molar-refractivity contribution in [1.82, 2.24) is 4.90 Å². The summed E-state index contributed by atoms with van der Waals surface area (Å²) in [5.41, 5.74) is 1.36. The molecular formula is C17H31NO2Si. The van der Waals surface area contributed by atoms with Crippen molar-refractivity contribution in [2.24, 2.45) is 0 Å². The fourth-order valence-electron chi connectivity index (χ4n) is 2.36. The highest BCUT2D eigenvalue weighted by Gasteiger charge is 2.17. The van der Waals surface area contributed by atoms with E-state index in [-0.39, 0.29) is 0 Å². The molecule has 0 amide bonds. The standard InChI is InChI=1S/C17H31NO2Si/c1-15(14-20-3)18(11-12-19-2)13-16-7-9-17(10-8-16)21(4,5)6/h7-10,15H,11-14H2,1-6H3. The predicted octanol–water partition coefficient (Wildman–Crippen LogP) is 2.72. The molecular weight excluding hydrogens is 278 g/mol. The third kappa shape index (κ3) is 6.30. The van der Waals surface area contributed by atoms with E-state index >= 15 is 0 Å². The van der Waals surface area contributed by atoms with Crippen LogP contribution in [0.4, 0.5) is 0 Å². The summed E-state index contributed by atoms with van der Waals surface area (Å²) in [4.78, 5) is 2.41. The van der Waals surface area contributed by atoms with Crippen LogP contribution in [0, 0.1) is 0 Å². The van der Waals surface area contributed by atoms with Gasteiger partial charge in [-0.05, 0) is 12.5 Å². The van der Waals surface area contributed by atoms with Crippen LogP contribution in [0.5, 0.6) is 0 Å². The molecule has 21 heavy (non-hydrogen) atoms. The lowest BCUT2D eigenvalue weighted by Crippen LogP contribution is -2.39. The molecule has 1 rings (SSSR count). The number of hydrogen-bond acceptors (Lipinski definition) is 3. The van der Waals surface area contributed by atoms with Gasteiger partial charge in [-0.3, -0.25) is 4.90 Å². The Kier molecular flexibility index (Phi) is 7.60. The minimum absolute atomic E-state index is 0.391. The molecule has 0 aliphatic heterocycles. The molecule has 0 heterocycles. The van der Waals surface area contributed by atoms with Gasteiger partial charge in [0, 0.05) is 33.4 Å². The Bertz CT molecular complexity index is 400. The molecule has 0 aromatic heterocycles. The molecule has 1 aromatic carbocycles. The van der Waals surface area contributed by atoms with Crippen LogP contribution in [0.1, 0.15) is 12.5 Å². The van der Waals surface area contributed by atoms with Gasteiger partial charge in [0.25, 0.3) is 0 Å². The lowest BCUT2D eigenvalue weighted by Gasteiger charge is -2.28. The Hall–Kier alpha value is -0.683. The Balaban J connectivity index is 2.73. The Morgan fingerprint density at radius 2 is 1.67 bits per heavy atom. The Morgan fingerprint density at radius 3 is 2.14 bits per heavy atom. The summed E-state index contributed by atoms with van der Waals surface area (Å²) in [6, 6.07) is 9.54. The van der Waals surface area contributed by atoms with Gasteiger partial charge in [0.2, 0.25) is 0 Å². The third-order valence-electron chi connectivity index (χ3n) is 3.82. The second-order valence-corrected chi connectivity index (χ2v) is 11.8. The molecule has 0 saturated heterocycles. The van der Waals surface area contributed by atoms with Crippen LogP contribution in [-0.4, -0.2) is 53.0 Å². The first-order chi connectivity index (χ1) is 9.88. The van der Waals surface area contributed by atoms with Gasteiger partial charge in [-0.25, -0.2) is 0 Å². The van der Waals surface area contributed by atoms with Crippen LogP contribution in [0.15, 0.2) is 24.3 Å². The van der Waals surface area contributed by atoms with Crippen LogP contribution in [0.2, 0.25) is 19.6 Å². The summed E-state index contributed by atoms with van der Waals surface area (Å²) < 4.78 is 10.5. The van der Waals surface area contributed by atoms with Crippen molar-refractivity contribution in [3.05, 3.63) is 29.8 Å². The van der Waals surface area contributed by atoms with E-state index in [4.69, 9.17) is 9.47 Å². The van der Waals surface area contributed by atoms with Gasteiger partial charge in [0.1, 0.15) is 0 Å². The molecule has 0 aliphatic rings. The lowest BCUT2D eigenvalue weighted by molar-refractivity contribution is 0.0705. The van der Waals surface area contributed by atoms with E-state index < -0.39 is 8.07 Å². The van der Waals surface area contributed by atoms with Crippen molar-refractivity contribution < 1.29 is 9.47 Å². The van der Waals surface area contributed by atoms with Gasteiger partial charge in [-0.2, -0.15) is 0 Å². The minimum atomic E-state index is -1.21. The highest BCUT2D eigenvalue weighted by molar-refractivity contribution is 6.88. The van der Waals surface area contributed by atoms with Gasteiger partial charge < -0.3 is 9.47 Å². The maximum Gasteiger partial charge on any atom is 0.0775 e. The molecule has 120 valence electrons. The minimum Gasteiger partial charge on any atom is -0.383 e. The highest BCUT2D eigenvalue weighted by Crippen LogP contribution is 2.10. The van der Waals surface area contributed by atoms with Crippen molar-refractivity contribution in [1.29, 1.82) is 0 Å². The van der Waals surface area contributed by atoms with Crippen molar-refractivity contribution in [2.45, 2.75) is 39.2 Å². The zero-order valence-corrected chi connectivity index (χ0v) is 15.5. The van der Waals surface area contributed by atoms with Crippen molar-refractivity contribution >= 4 is 13.3 Å². The predicted molar refractivity (Wildman–Crippen MR) is 93.0 cm³/mol. The second-order valence-electron chi connectivity index (χ2n) is 6.71. The summed E-state index contributed by atoms with van der Waals surface area (Å²) in [7, 11) is 2.30. The molecule has 0 radical (unpaired) electrons. The van der Waals surface area contributed by atoms with Crippen molar-refractivity contribution in [3.8, 4) is 0 Å². The number of nitrogens with zero attached hydrogens (tertiary/aromatic N) is 1. The zero-order valence-electron chi connectivity index (χ0n) is 14.5. The normalized spacial score (nSPS) is 13.7. The largest absolute Gasteiger partial charge is 0.383 e. The number of rotatable bonds is 9. The monoisotopic (exact) mass is 309 g/mol. The maximum absolute atomic E-state index is 5.29. The van der Waals surface area contributed by atoms with Crippen LogP contribution < -0.4 is 5.19 Å². The number of ether oxygens (including phenoxy) is 2. The number of methoxy groups -OCH3 is 2. The molecule has 0 bridgehead atoms. The molecule has 0 saturated carbocycles. The van der Waals surface area contributed by atoms with Crippen LogP contribution in [0.3, 0.4) is 0 Å². The van der Waals surface area contributed by atoms with E-state index in [0.717, 1.165) is 26.3 Å². The lowest BCUT2D eigenvalue weighted by atomic mass is 10.2. The fourth-order valence-corrected chi connectivity index (χ4v) is 3.52. The summed E-state index contributed by atoms with van der Waals surface area (Å²) in [5, 5.41) is 1.51. The first-order valence-electron chi connectivity index (χ1n) is 7.70. The molecule has 3 nitrogen and oxygen atoms in total. The smallest absolute Gasteiger partial charge is 0.0775 e. The Labute approximate surface area is 131 Å². The molecule has 0 aliphatic carbocycles. The average Bonchev–Trinajstić information content (AvgIpc) is 2.43. The Morgan fingerprint density at radius 1 is 1.05 bits per heavy atom. The molecule has 1 atom stereocenters. The van der Waals surface area contributed by atoms with Gasteiger partial charge in [-0.15, -0.1) is 0 Å². The first-order valence-corrected chi connectivity index (χ1v) is 11.2. The van der Waals surface area contributed by atoms with Gasteiger partial charge in [0.15, 0.2) is 0 Å². The molecule has 0 fully saturated rings. The fraction of sp³-hybridized carbons (Fsp3) is 0.647. The van der Waals surface area contributed by atoms with E-state index in [1.807, 2.05) is 0 Å².